The number of hydrogen-bond acceptors (Lipinski definition) is 3. The van der Waals surface area contributed by atoms with Gasteiger partial charge in [-0.2, -0.15) is 0 Å². The molecule has 0 saturated carbocycles. The predicted octanol–water partition coefficient (Wildman–Crippen LogP) is 2.27. The second-order valence-electron chi connectivity index (χ2n) is 6.34. The molecule has 0 bridgehead atoms. The molecule has 2 atom stereocenters. The summed E-state index contributed by atoms with van der Waals surface area (Å²) < 4.78 is 5.54. The highest BCUT2D eigenvalue weighted by Crippen LogP contribution is 2.35. The summed E-state index contributed by atoms with van der Waals surface area (Å²) in [4.78, 5) is 2.77. The van der Waals surface area contributed by atoms with E-state index < -0.39 is 0 Å². The van der Waals surface area contributed by atoms with Gasteiger partial charge in [-0.05, 0) is 52.1 Å². The summed E-state index contributed by atoms with van der Waals surface area (Å²) in [7, 11) is 1.86. The van der Waals surface area contributed by atoms with Gasteiger partial charge in [0.2, 0.25) is 0 Å². The van der Waals surface area contributed by atoms with E-state index in [0.717, 1.165) is 31.8 Å². The molecule has 3 nitrogen and oxygen atoms in total. The van der Waals surface area contributed by atoms with Crippen LogP contribution in [-0.4, -0.2) is 50.3 Å². The highest BCUT2D eigenvalue weighted by atomic mass is 16.5. The molecule has 0 spiro atoms. The number of methoxy groups -OCH3 is 1. The van der Waals surface area contributed by atoms with E-state index in [2.05, 4.69) is 24.1 Å². The Labute approximate surface area is 112 Å². The minimum Gasteiger partial charge on any atom is -0.384 e. The van der Waals surface area contributed by atoms with Gasteiger partial charge in [-0.1, -0.05) is 6.92 Å². The molecular weight excluding hydrogens is 224 g/mol. The van der Waals surface area contributed by atoms with Crippen LogP contribution < -0.4 is 5.32 Å². The number of nitrogens with zero attached hydrogens (tertiary/aromatic N) is 1. The van der Waals surface area contributed by atoms with Crippen LogP contribution in [0.4, 0.5) is 0 Å². The maximum atomic E-state index is 5.54. The van der Waals surface area contributed by atoms with Crippen LogP contribution in [0, 0.1) is 5.41 Å². The lowest BCUT2D eigenvalue weighted by molar-refractivity contribution is 0.00963. The van der Waals surface area contributed by atoms with Crippen molar-refractivity contribution < 1.29 is 4.74 Å². The van der Waals surface area contributed by atoms with Crippen LogP contribution in [0.2, 0.25) is 0 Å². The van der Waals surface area contributed by atoms with Gasteiger partial charge in [0.15, 0.2) is 0 Å². The van der Waals surface area contributed by atoms with Gasteiger partial charge in [-0.25, -0.2) is 0 Å². The first-order valence-corrected chi connectivity index (χ1v) is 7.66. The lowest BCUT2D eigenvalue weighted by atomic mass is 9.78. The van der Waals surface area contributed by atoms with E-state index in [1.807, 2.05) is 7.11 Å². The van der Waals surface area contributed by atoms with E-state index >= 15 is 0 Å². The van der Waals surface area contributed by atoms with Crippen LogP contribution in [0.3, 0.4) is 0 Å². The van der Waals surface area contributed by atoms with Crippen LogP contribution in [0.1, 0.15) is 46.0 Å². The number of hydrogen-bond donors (Lipinski definition) is 1. The molecule has 2 rings (SSSR count). The van der Waals surface area contributed by atoms with Crippen LogP contribution in [0.25, 0.3) is 0 Å². The molecule has 2 fully saturated rings. The molecule has 1 N–H and O–H groups in total. The van der Waals surface area contributed by atoms with Crippen LogP contribution >= 0.6 is 0 Å². The van der Waals surface area contributed by atoms with E-state index in [9.17, 15) is 0 Å². The van der Waals surface area contributed by atoms with Gasteiger partial charge in [0.25, 0.3) is 0 Å². The molecule has 18 heavy (non-hydrogen) atoms. The van der Waals surface area contributed by atoms with Crippen LogP contribution in [-0.2, 0) is 4.74 Å². The van der Waals surface area contributed by atoms with E-state index in [0.29, 0.717) is 5.41 Å². The van der Waals surface area contributed by atoms with E-state index in [4.69, 9.17) is 4.74 Å². The van der Waals surface area contributed by atoms with Crippen molar-refractivity contribution in [2.75, 3.05) is 33.4 Å². The largest absolute Gasteiger partial charge is 0.384 e. The van der Waals surface area contributed by atoms with Gasteiger partial charge in [0, 0.05) is 31.2 Å². The Morgan fingerprint density at radius 1 is 1.28 bits per heavy atom. The molecule has 2 aliphatic rings. The molecule has 0 radical (unpaired) electrons. The highest BCUT2D eigenvalue weighted by Gasteiger charge is 2.39. The van der Waals surface area contributed by atoms with Crippen molar-refractivity contribution in [3.05, 3.63) is 0 Å². The molecule has 2 heterocycles. The second kappa shape index (κ2) is 6.36. The predicted molar refractivity (Wildman–Crippen MR) is 75.9 cm³/mol. The molecule has 0 aromatic carbocycles. The molecule has 0 aromatic rings. The molecule has 0 aliphatic carbocycles. The quantitative estimate of drug-likeness (QED) is 0.814. The van der Waals surface area contributed by atoms with Crippen molar-refractivity contribution >= 4 is 0 Å². The monoisotopic (exact) mass is 254 g/mol. The fourth-order valence-corrected chi connectivity index (χ4v) is 3.85. The molecule has 0 amide bonds. The third kappa shape index (κ3) is 3.06. The van der Waals surface area contributed by atoms with E-state index in [-0.39, 0.29) is 0 Å². The lowest BCUT2D eigenvalue weighted by Crippen LogP contribution is -2.50. The van der Waals surface area contributed by atoms with E-state index in [1.165, 1.54) is 38.6 Å². The number of piperidine rings is 1. The summed E-state index contributed by atoms with van der Waals surface area (Å²) in [5.74, 6) is 0. The summed E-state index contributed by atoms with van der Waals surface area (Å²) in [6.07, 6.45) is 6.59. The zero-order valence-electron chi connectivity index (χ0n) is 12.4. The number of rotatable bonds is 5. The lowest BCUT2D eigenvalue weighted by Gasteiger charge is -2.42. The summed E-state index contributed by atoms with van der Waals surface area (Å²) in [5.41, 5.74) is 0.395. The molecule has 106 valence electrons. The fraction of sp³-hybridized carbons (Fsp3) is 1.00. The molecule has 0 aromatic heterocycles. The van der Waals surface area contributed by atoms with Crippen molar-refractivity contribution in [1.29, 1.82) is 0 Å². The first-order chi connectivity index (χ1) is 8.71. The normalized spacial score (nSPS) is 32.8. The van der Waals surface area contributed by atoms with Crippen molar-refractivity contribution in [2.24, 2.45) is 5.41 Å². The van der Waals surface area contributed by atoms with Crippen LogP contribution in [0.15, 0.2) is 0 Å². The standard InChI is InChI=1S/C15H30N2O/c1-4-14-6-5-13(2)17(14)11-15(12-18-3)7-9-16-10-8-15/h13-14,16H,4-12H2,1-3H3. The minimum absolute atomic E-state index is 0.395. The molecule has 2 saturated heterocycles. The Morgan fingerprint density at radius 3 is 2.61 bits per heavy atom. The Bertz CT molecular complexity index is 245. The zero-order valence-corrected chi connectivity index (χ0v) is 12.4. The highest BCUT2D eigenvalue weighted by molar-refractivity contribution is 4.93. The second-order valence-corrected chi connectivity index (χ2v) is 6.34. The maximum absolute atomic E-state index is 5.54. The first kappa shape index (κ1) is 14.3. The zero-order chi connectivity index (χ0) is 13.0. The molecular formula is C15H30N2O. The fourth-order valence-electron chi connectivity index (χ4n) is 3.85. The molecule has 3 heteroatoms. The summed E-state index contributed by atoms with van der Waals surface area (Å²) >= 11 is 0. The first-order valence-electron chi connectivity index (χ1n) is 7.66. The molecule has 2 aliphatic heterocycles. The van der Waals surface area contributed by atoms with Crippen molar-refractivity contribution in [2.45, 2.75) is 58.0 Å². The van der Waals surface area contributed by atoms with E-state index in [1.54, 1.807) is 0 Å². The third-order valence-corrected chi connectivity index (χ3v) is 5.06. The summed E-state index contributed by atoms with van der Waals surface area (Å²) in [5, 5.41) is 3.49. The Kier molecular flexibility index (Phi) is 5.05. The number of ether oxygens (including phenoxy) is 1. The molecule has 2 unspecified atom stereocenters. The SMILES string of the molecule is CCC1CCC(C)N1CC1(COC)CCNCC1. The Balaban J connectivity index is 2.02. The summed E-state index contributed by atoms with van der Waals surface area (Å²) in [6, 6.07) is 1.57. The topological polar surface area (TPSA) is 24.5 Å². The van der Waals surface area contributed by atoms with Crippen molar-refractivity contribution in [1.82, 2.24) is 10.2 Å². The summed E-state index contributed by atoms with van der Waals surface area (Å²) in [6.45, 7) is 9.21. The average molecular weight is 254 g/mol. The average Bonchev–Trinajstić information content (AvgIpc) is 2.72. The van der Waals surface area contributed by atoms with Crippen LogP contribution in [0.5, 0.6) is 0 Å². The van der Waals surface area contributed by atoms with Gasteiger partial charge in [0.05, 0.1) is 6.61 Å². The number of nitrogens with one attached hydrogen (secondary N) is 1. The van der Waals surface area contributed by atoms with Gasteiger partial charge in [0.1, 0.15) is 0 Å². The Morgan fingerprint density at radius 2 is 2.00 bits per heavy atom. The van der Waals surface area contributed by atoms with Gasteiger partial charge < -0.3 is 10.1 Å². The van der Waals surface area contributed by atoms with Gasteiger partial charge >= 0.3 is 0 Å². The third-order valence-electron chi connectivity index (χ3n) is 5.06. The minimum atomic E-state index is 0.395. The van der Waals surface area contributed by atoms with Crippen molar-refractivity contribution in [3.63, 3.8) is 0 Å². The maximum Gasteiger partial charge on any atom is 0.0531 e. The van der Waals surface area contributed by atoms with Gasteiger partial charge in [-0.15, -0.1) is 0 Å². The number of likely N-dealkylation sites (tertiary alicyclic amines) is 1. The van der Waals surface area contributed by atoms with Gasteiger partial charge in [-0.3, -0.25) is 4.90 Å². The Hall–Kier alpha value is -0.120. The van der Waals surface area contributed by atoms with Crippen molar-refractivity contribution in [3.8, 4) is 0 Å². The smallest absolute Gasteiger partial charge is 0.0531 e.